The minimum Gasteiger partial charge on any atom is -0.495 e. The first kappa shape index (κ1) is 18.7. The fourth-order valence-electron chi connectivity index (χ4n) is 3.41. The van der Waals surface area contributed by atoms with Crippen LogP contribution >= 0.6 is 11.3 Å². The van der Waals surface area contributed by atoms with Crippen LogP contribution in [0, 0.1) is 0 Å². The number of carbonyl (C=O) groups excluding carboxylic acids is 2. The standard InChI is InChI=1S/C20H24N4O3S/c1-27-17-8-3-2-6-14(17)22-20-23-15(12-28-20)19(26)24-11-5-4-7-16(24)18(25)21-13-9-10-13/h2-3,6,8,12-13,16H,4-5,7,9-11H2,1H3,(H,21,25)(H,22,23). The van der Waals surface area contributed by atoms with Crippen LogP contribution in [-0.2, 0) is 4.79 Å². The summed E-state index contributed by atoms with van der Waals surface area (Å²) in [5.74, 6) is 0.497. The number of carbonyl (C=O) groups is 2. The van der Waals surface area contributed by atoms with Crippen LogP contribution in [-0.4, -0.2) is 47.4 Å². The average Bonchev–Trinajstić information content (AvgIpc) is 3.42. The van der Waals surface area contributed by atoms with Crippen LogP contribution < -0.4 is 15.4 Å². The van der Waals surface area contributed by atoms with Crippen LogP contribution in [0.1, 0.15) is 42.6 Å². The summed E-state index contributed by atoms with van der Waals surface area (Å²) >= 11 is 1.36. The van der Waals surface area contributed by atoms with Crippen molar-refractivity contribution in [2.45, 2.75) is 44.2 Å². The molecule has 1 unspecified atom stereocenters. The molecule has 1 saturated heterocycles. The zero-order valence-corrected chi connectivity index (χ0v) is 16.6. The number of thiazole rings is 1. The van der Waals surface area contributed by atoms with E-state index in [2.05, 4.69) is 15.6 Å². The number of rotatable bonds is 6. The summed E-state index contributed by atoms with van der Waals surface area (Å²) in [5, 5.41) is 8.59. The van der Waals surface area contributed by atoms with Gasteiger partial charge in [-0.25, -0.2) is 4.98 Å². The van der Waals surface area contributed by atoms with E-state index in [1.807, 2.05) is 24.3 Å². The van der Waals surface area contributed by atoms with E-state index in [0.717, 1.165) is 31.4 Å². The van der Waals surface area contributed by atoms with E-state index in [1.165, 1.54) is 11.3 Å². The van der Waals surface area contributed by atoms with Crippen LogP contribution in [0.3, 0.4) is 0 Å². The number of amides is 2. The molecule has 28 heavy (non-hydrogen) atoms. The Labute approximate surface area is 168 Å². The first-order valence-corrected chi connectivity index (χ1v) is 10.5. The summed E-state index contributed by atoms with van der Waals surface area (Å²) in [6, 6.07) is 7.45. The van der Waals surface area contributed by atoms with Crippen LogP contribution in [0.4, 0.5) is 10.8 Å². The van der Waals surface area contributed by atoms with Crippen LogP contribution in [0.5, 0.6) is 5.75 Å². The van der Waals surface area contributed by atoms with Gasteiger partial charge < -0.3 is 20.3 Å². The molecule has 1 aliphatic carbocycles. The topological polar surface area (TPSA) is 83.6 Å². The number of anilines is 2. The van der Waals surface area contributed by atoms with Crippen molar-refractivity contribution in [1.29, 1.82) is 0 Å². The third-order valence-corrected chi connectivity index (χ3v) is 5.82. The number of benzene rings is 1. The minimum atomic E-state index is -0.394. The van der Waals surface area contributed by atoms with E-state index >= 15 is 0 Å². The minimum absolute atomic E-state index is 0.0295. The van der Waals surface area contributed by atoms with Gasteiger partial charge in [0.05, 0.1) is 12.8 Å². The average molecular weight is 401 g/mol. The lowest BCUT2D eigenvalue weighted by molar-refractivity contribution is -0.126. The highest BCUT2D eigenvalue weighted by Crippen LogP contribution is 2.29. The monoisotopic (exact) mass is 400 g/mol. The highest BCUT2D eigenvalue weighted by molar-refractivity contribution is 7.14. The fourth-order valence-corrected chi connectivity index (χ4v) is 4.11. The first-order valence-electron chi connectivity index (χ1n) is 9.62. The number of nitrogens with one attached hydrogen (secondary N) is 2. The van der Waals surface area contributed by atoms with Crippen molar-refractivity contribution in [3.8, 4) is 5.75 Å². The molecule has 8 heteroatoms. The molecule has 4 rings (SSSR count). The molecule has 0 radical (unpaired) electrons. The number of methoxy groups -OCH3 is 1. The Morgan fingerprint density at radius 2 is 2.04 bits per heavy atom. The van der Waals surface area contributed by atoms with Crippen molar-refractivity contribution >= 4 is 34.0 Å². The van der Waals surface area contributed by atoms with E-state index in [0.29, 0.717) is 35.6 Å². The number of nitrogens with zero attached hydrogens (tertiary/aromatic N) is 2. The molecule has 0 bridgehead atoms. The Balaban J connectivity index is 1.47. The zero-order valence-electron chi connectivity index (χ0n) is 15.8. The second-order valence-electron chi connectivity index (χ2n) is 7.16. The summed E-state index contributed by atoms with van der Waals surface area (Å²) in [5.41, 5.74) is 1.16. The van der Waals surface area contributed by atoms with Crippen LogP contribution in [0.25, 0.3) is 0 Å². The third-order valence-electron chi connectivity index (χ3n) is 5.06. The van der Waals surface area contributed by atoms with E-state index in [9.17, 15) is 9.59 Å². The molecular formula is C20H24N4O3S. The highest BCUT2D eigenvalue weighted by atomic mass is 32.1. The molecule has 2 fully saturated rings. The number of hydrogen-bond donors (Lipinski definition) is 2. The largest absolute Gasteiger partial charge is 0.495 e. The lowest BCUT2D eigenvalue weighted by Crippen LogP contribution is -2.52. The maximum absolute atomic E-state index is 13.0. The van der Waals surface area contributed by atoms with Crippen molar-refractivity contribution in [2.24, 2.45) is 0 Å². The smallest absolute Gasteiger partial charge is 0.274 e. The Kier molecular flexibility index (Phi) is 5.47. The van der Waals surface area contributed by atoms with Crippen LogP contribution in [0.2, 0.25) is 0 Å². The molecule has 148 valence electrons. The number of aromatic nitrogens is 1. The van der Waals surface area contributed by atoms with Gasteiger partial charge in [0.1, 0.15) is 17.5 Å². The summed E-state index contributed by atoms with van der Waals surface area (Å²) in [6.07, 6.45) is 4.66. The van der Waals surface area contributed by atoms with Gasteiger partial charge in [-0.05, 0) is 44.2 Å². The Hall–Kier alpha value is -2.61. The van der Waals surface area contributed by atoms with Gasteiger partial charge in [0.2, 0.25) is 5.91 Å². The van der Waals surface area contributed by atoms with Gasteiger partial charge in [0.15, 0.2) is 5.13 Å². The number of piperidine rings is 1. The number of para-hydroxylation sites is 2. The molecule has 1 aromatic carbocycles. The van der Waals surface area contributed by atoms with Gasteiger partial charge in [-0.1, -0.05) is 12.1 Å². The predicted molar refractivity (Wildman–Crippen MR) is 108 cm³/mol. The maximum atomic E-state index is 13.0. The molecule has 2 aromatic rings. The quantitative estimate of drug-likeness (QED) is 0.778. The van der Waals surface area contributed by atoms with Crippen LogP contribution in [0.15, 0.2) is 29.6 Å². The van der Waals surface area contributed by atoms with Gasteiger partial charge in [0.25, 0.3) is 5.91 Å². The molecule has 2 amide bonds. The number of ether oxygens (including phenoxy) is 1. The Morgan fingerprint density at radius 3 is 2.82 bits per heavy atom. The predicted octanol–water partition coefficient (Wildman–Crippen LogP) is 3.17. The van der Waals surface area contributed by atoms with Crippen molar-refractivity contribution in [1.82, 2.24) is 15.2 Å². The number of likely N-dealkylation sites (tertiary alicyclic amines) is 1. The molecule has 2 N–H and O–H groups in total. The van der Waals surface area contributed by atoms with Crippen molar-refractivity contribution in [2.75, 3.05) is 19.0 Å². The lowest BCUT2D eigenvalue weighted by Gasteiger charge is -2.34. The van der Waals surface area contributed by atoms with Gasteiger partial charge in [-0.3, -0.25) is 9.59 Å². The molecule has 1 saturated carbocycles. The molecule has 2 aliphatic rings. The van der Waals surface area contributed by atoms with Gasteiger partial charge in [-0.15, -0.1) is 11.3 Å². The van der Waals surface area contributed by atoms with Gasteiger partial charge in [0, 0.05) is 18.0 Å². The van der Waals surface area contributed by atoms with E-state index in [1.54, 1.807) is 17.4 Å². The van der Waals surface area contributed by atoms with E-state index in [4.69, 9.17) is 4.74 Å². The number of hydrogen-bond acceptors (Lipinski definition) is 6. The zero-order chi connectivity index (χ0) is 19.5. The third kappa shape index (κ3) is 4.11. The first-order chi connectivity index (χ1) is 13.7. The van der Waals surface area contributed by atoms with Gasteiger partial charge in [-0.2, -0.15) is 0 Å². The van der Waals surface area contributed by atoms with E-state index < -0.39 is 6.04 Å². The normalized spacial score (nSPS) is 19.2. The molecule has 7 nitrogen and oxygen atoms in total. The summed E-state index contributed by atoms with van der Waals surface area (Å²) in [6.45, 7) is 0.592. The summed E-state index contributed by atoms with van der Waals surface area (Å²) in [7, 11) is 1.61. The molecule has 1 atom stereocenters. The summed E-state index contributed by atoms with van der Waals surface area (Å²) in [4.78, 5) is 31.7. The van der Waals surface area contributed by atoms with Crippen molar-refractivity contribution in [3.63, 3.8) is 0 Å². The molecule has 1 aliphatic heterocycles. The fraction of sp³-hybridized carbons (Fsp3) is 0.450. The van der Waals surface area contributed by atoms with E-state index in [-0.39, 0.29) is 11.8 Å². The SMILES string of the molecule is COc1ccccc1Nc1nc(C(=O)N2CCCCC2C(=O)NC2CC2)cs1. The molecule has 2 heterocycles. The second kappa shape index (κ2) is 8.18. The highest BCUT2D eigenvalue weighted by Gasteiger charge is 2.35. The Bertz CT molecular complexity index is 865. The summed E-state index contributed by atoms with van der Waals surface area (Å²) < 4.78 is 5.34. The maximum Gasteiger partial charge on any atom is 0.274 e. The second-order valence-corrected chi connectivity index (χ2v) is 8.01. The molecule has 1 aromatic heterocycles. The Morgan fingerprint density at radius 1 is 1.21 bits per heavy atom. The van der Waals surface area contributed by atoms with Gasteiger partial charge >= 0.3 is 0 Å². The van der Waals surface area contributed by atoms with Crippen molar-refractivity contribution < 1.29 is 14.3 Å². The molecule has 0 spiro atoms. The molecular weight excluding hydrogens is 376 g/mol. The lowest BCUT2D eigenvalue weighted by atomic mass is 10.0. The van der Waals surface area contributed by atoms with Crippen molar-refractivity contribution in [3.05, 3.63) is 35.3 Å².